The summed E-state index contributed by atoms with van der Waals surface area (Å²) in [6, 6.07) is 30.7. The van der Waals surface area contributed by atoms with Crippen molar-refractivity contribution in [3.05, 3.63) is 102 Å². The third-order valence-electron chi connectivity index (χ3n) is 7.16. The van der Waals surface area contributed by atoms with Crippen LogP contribution in [-0.4, -0.2) is 55.3 Å². The van der Waals surface area contributed by atoms with Crippen molar-refractivity contribution in [1.82, 2.24) is 4.90 Å². The van der Waals surface area contributed by atoms with Gasteiger partial charge in [0, 0.05) is 25.3 Å². The second kappa shape index (κ2) is 12.5. The lowest BCUT2D eigenvalue weighted by Crippen LogP contribution is -2.63. The molecule has 2 saturated heterocycles. The van der Waals surface area contributed by atoms with Gasteiger partial charge in [-0.3, -0.25) is 4.79 Å². The van der Waals surface area contributed by atoms with Crippen molar-refractivity contribution in [2.75, 3.05) is 37.7 Å². The van der Waals surface area contributed by atoms with Gasteiger partial charge in [0.25, 0.3) is 5.91 Å². The highest BCUT2D eigenvalue weighted by Gasteiger charge is 2.47. The normalized spacial score (nSPS) is 19.7. The molecule has 2 heterocycles. The van der Waals surface area contributed by atoms with E-state index >= 15 is 0 Å². The molecular weight excluding hydrogens is 472 g/mol. The Balaban J connectivity index is 0.00000304. The largest absolute Gasteiger partial charge is 0.374 e. The van der Waals surface area contributed by atoms with Crippen molar-refractivity contribution in [1.29, 1.82) is 0 Å². The molecular formula is C30H35ClN2O3. The Labute approximate surface area is 220 Å². The second-order valence-corrected chi connectivity index (χ2v) is 9.63. The molecule has 36 heavy (non-hydrogen) atoms. The Morgan fingerprint density at radius 1 is 0.833 bits per heavy atom. The van der Waals surface area contributed by atoms with Crippen LogP contribution in [0.4, 0.5) is 5.69 Å². The number of hydrogen-bond donors (Lipinski definition) is 0. The number of carbonyl (C=O) groups is 1. The van der Waals surface area contributed by atoms with Gasteiger partial charge in [-0.25, -0.2) is 0 Å². The lowest BCUT2D eigenvalue weighted by molar-refractivity contribution is -0.174. The molecule has 1 amide bonds. The minimum Gasteiger partial charge on any atom is -0.374 e. The number of rotatable bonds is 8. The number of carbonyl (C=O) groups excluding carboxylic acids is 1. The highest BCUT2D eigenvalue weighted by atomic mass is 35.5. The standard InChI is InChI=1S/C30H34N2O3.ClH/c33-29-28(23-34-22-26-12-6-2-7-13-26)35-30(24-32(29)27-14-8-3-9-15-27)17-20-31(21-18-30)19-16-25-10-4-1-5-11-25;/h1-15,28H,16-24H2;1H. The summed E-state index contributed by atoms with van der Waals surface area (Å²) in [5.41, 5.74) is 3.06. The Hall–Kier alpha value is -2.70. The highest BCUT2D eigenvalue weighted by molar-refractivity contribution is 5.97. The average Bonchev–Trinajstić information content (AvgIpc) is 2.92. The molecule has 2 fully saturated rings. The van der Waals surface area contributed by atoms with Crippen LogP contribution < -0.4 is 4.90 Å². The SMILES string of the molecule is Cl.O=C1C(COCc2ccccc2)OC2(CCN(CCc3ccccc3)CC2)CN1c1ccccc1. The van der Waals surface area contributed by atoms with E-state index < -0.39 is 6.10 Å². The first-order chi connectivity index (χ1) is 17.2. The molecule has 0 aliphatic carbocycles. The molecule has 0 aromatic heterocycles. The van der Waals surface area contributed by atoms with Crippen LogP contribution in [0.15, 0.2) is 91.0 Å². The molecule has 1 atom stereocenters. The van der Waals surface area contributed by atoms with Crippen LogP contribution in [0.25, 0.3) is 0 Å². The number of piperidine rings is 1. The van der Waals surface area contributed by atoms with Crippen molar-refractivity contribution < 1.29 is 14.3 Å². The number of likely N-dealkylation sites (tertiary alicyclic amines) is 1. The first-order valence-corrected chi connectivity index (χ1v) is 12.6. The predicted molar refractivity (Wildman–Crippen MR) is 146 cm³/mol. The zero-order valence-electron chi connectivity index (χ0n) is 20.6. The van der Waals surface area contributed by atoms with Crippen LogP contribution in [0.1, 0.15) is 24.0 Å². The lowest BCUT2D eigenvalue weighted by atomic mass is 9.88. The summed E-state index contributed by atoms with van der Waals surface area (Å²) >= 11 is 0. The predicted octanol–water partition coefficient (Wildman–Crippen LogP) is 5.13. The van der Waals surface area contributed by atoms with E-state index in [2.05, 4.69) is 35.2 Å². The maximum absolute atomic E-state index is 13.4. The van der Waals surface area contributed by atoms with Gasteiger partial charge in [-0.1, -0.05) is 78.9 Å². The maximum Gasteiger partial charge on any atom is 0.258 e. The summed E-state index contributed by atoms with van der Waals surface area (Å²) in [5, 5.41) is 0. The van der Waals surface area contributed by atoms with Crippen molar-refractivity contribution in [3.8, 4) is 0 Å². The Bertz CT molecular complexity index is 1070. The van der Waals surface area contributed by atoms with E-state index in [0.29, 0.717) is 13.2 Å². The van der Waals surface area contributed by atoms with Gasteiger partial charge < -0.3 is 19.3 Å². The molecule has 5 rings (SSSR count). The third-order valence-corrected chi connectivity index (χ3v) is 7.16. The van der Waals surface area contributed by atoms with E-state index in [-0.39, 0.29) is 30.5 Å². The summed E-state index contributed by atoms with van der Waals surface area (Å²) in [5.74, 6) is -0.0126. The van der Waals surface area contributed by atoms with Crippen molar-refractivity contribution >= 4 is 24.0 Å². The summed E-state index contributed by atoms with van der Waals surface area (Å²) in [7, 11) is 0. The number of hydrogen-bond acceptors (Lipinski definition) is 4. The molecule has 0 bridgehead atoms. The summed E-state index contributed by atoms with van der Waals surface area (Å²) in [6.07, 6.45) is 2.28. The van der Waals surface area contributed by atoms with Crippen LogP contribution >= 0.6 is 12.4 Å². The molecule has 190 valence electrons. The Kier molecular flexibility index (Phi) is 9.16. The topological polar surface area (TPSA) is 42.0 Å². The molecule has 0 radical (unpaired) electrons. The Morgan fingerprint density at radius 3 is 2.06 bits per heavy atom. The second-order valence-electron chi connectivity index (χ2n) is 9.63. The number of benzene rings is 3. The first kappa shape index (κ1) is 26.4. The average molecular weight is 507 g/mol. The van der Waals surface area contributed by atoms with Gasteiger partial charge >= 0.3 is 0 Å². The molecule has 0 N–H and O–H groups in total. The fraction of sp³-hybridized carbons (Fsp3) is 0.367. The molecule has 5 nitrogen and oxygen atoms in total. The number of anilines is 1. The fourth-order valence-electron chi connectivity index (χ4n) is 5.11. The van der Waals surface area contributed by atoms with Crippen LogP contribution in [0.3, 0.4) is 0 Å². The van der Waals surface area contributed by atoms with Crippen LogP contribution in [-0.2, 0) is 27.3 Å². The van der Waals surface area contributed by atoms with Crippen molar-refractivity contribution in [3.63, 3.8) is 0 Å². The number of ether oxygens (including phenoxy) is 2. The summed E-state index contributed by atoms with van der Waals surface area (Å²) < 4.78 is 12.6. The first-order valence-electron chi connectivity index (χ1n) is 12.6. The highest BCUT2D eigenvalue weighted by Crippen LogP contribution is 2.35. The van der Waals surface area contributed by atoms with E-state index in [1.54, 1.807) is 0 Å². The molecule has 3 aromatic rings. The third kappa shape index (κ3) is 6.54. The van der Waals surface area contributed by atoms with Crippen molar-refractivity contribution in [2.45, 2.75) is 37.6 Å². The molecule has 1 unspecified atom stereocenters. The molecule has 0 saturated carbocycles. The molecule has 2 aliphatic heterocycles. The van der Waals surface area contributed by atoms with Crippen LogP contribution in [0.5, 0.6) is 0 Å². The smallest absolute Gasteiger partial charge is 0.258 e. The fourth-order valence-corrected chi connectivity index (χ4v) is 5.11. The van der Waals surface area contributed by atoms with Crippen molar-refractivity contribution in [2.24, 2.45) is 0 Å². The van der Waals surface area contributed by atoms with E-state index in [9.17, 15) is 4.79 Å². The van der Waals surface area contributed by atoms with E-state index in [1.165, 1.54) is 5.56 Å². The minimum absolute atomic E-state index is 0. The van der Waals surface area contributed by atoms with Gasteiger partial charge in [0.05, 0.1) is 25.4 Å². The number of morpholine rings is 1. The van der Waals surface area contributed by atoms with Gasteiger partial charge in [0.1, 0.15) is 0 Å². The summed E-state index contributed by atoms with van der Waals surface area (Å²) in [6.45, 7) is 4.32. The lowest BCUT2D eigenvalue weighted by Gasteiger charge is -2.49. The van der Waals surface area contributed by atoms with Gasteiger partial charge in [-0.05, 0) is 42.5 Å². The maximum atomic E-state index is 13.4. The van der Waals surface area contributed by atoms with Crippen LogP contribution in [0.2, 0.25) is 0 Å². The monoisotopic (exact) mass is 506 g/mol. The zero-order valence-corrected chi connectivity index (χ0v) is 21.4. The van der Waals surface area contributed by atoms with Gasteiger partial charge in [0.2, 0.25) is 0 Å². The van der Waals surface area contributed by atoms with Gasteiger partial charge in [-0.15, -0.1) is 12.4 Å². The quantitative estimate of drug-likeness (QED) is 0.424. The van der Waals surface area contributed by atoms with E-state index in [0.717, 1.165) is 50.1 Å². The summed E-state index contributed by atoms with van der Waals surface area (Å²) in [4.78, 5) is 17.9. The zero-order chi connectivity index (χ0) is 23.9. The number of halogens is 1. The van der Waals surface area contributed by atoms with E-state index in [4.69, 9.17) is 9.47 Å². The van der Waals surface area contributed by atoms with Gasteiger partial charge in [0.15, 0.2) is 6.10 Å². The number of nitrogens with zero attached hydrogens (tertiary/aromatic N) is 2. The molecule has 3 aromatic carbocycles. The van der Waals surface area contributed by atoms with E-state index in [1.807, 2.05) is 65.6 Å². The number of amides is 1. The molecule has 1 spiro atoms. The molecule has 6 heteroatoms. The number of para-hydroxylation sites is 1. The van der Waals surface area contributed by atoms with Gasteiger partial charge in [-0.2, -0.15) is 0 Å². The minimum atomic E-state index is -0.594. The Morgan fingerprint density at radius 2 is 1.42 bits per heavy atom. The molecule has 2 aliphatic rings. The van der Waals surface area contributed by atoms with Crippen LogP contribution in [0, 0.1) is 0 Å².